The Hall–Kier alpha value is -3.06. The number of rotatable bonds is 5. The minimum absolute atomic E-state index is 0.0587. The van der Waals surface area contributed by atoms with Crippen LogP contribution in [0.5, 0.6) is 11.5 Å². The molecular formula is C21H22N2O5. The summed E-state index contributed by atoms with van der Waals surface area (Å²) in [5.41, 5.74) is 1.29. The van der Waals surface area contributed by atoms with E-state index in [0.717, 1.165) is 19.4 Å². The monoisotopic (exact) mass is 382 g/mol. The van der Waals surface area contributed by atoms with Crippen LogP contribution in [-0.4, -0.2) is 44.3 Å². The van der Waals surface area contributed by atoms with Crippen LogP contribution in [0.4, 0.5) is 5.69 Å². The average Bonchev–Trinajstić information content (AvgIpc) is 3.25. The fourth-order valence-corrected chi connectivity index (χ4v) is 3.28. The van der Waals surface area contributed by atoms with E-state index in [4.69, 9.17) is 14.2 Å². The lowest BCUT2D eigenvalue weighted by molar-refractivity contribution is 0.0858. The van der Waals surface area contributed by atoms with Crippen molar-refractivity contribution in [2.24, 2.45) is 0 Å². The van der Waals surface area contributed by atoms with Crippen molar-refractivity contribution in [1.29, 1.82) is 0 Å². The number of para-hydroxylation sites is 1. The van der Waals surface area contributed by atoms with Gasteiger partial charge in [-0.2, -0.15) is 0 Å². The SMILES string of the molecule is O=C(Nc1ccccc1C(=O)NCC1CCCO1)c1ccc2c(c1)OCCO2. The molecule has 28 heavy (non-hydrogen) atoms. The van der Waals surface area contributed by atoms with E-state index in [2.05, 4.69) is 10.6 Å². The molecule has 0 aromatic heterocycles. The van der Waals surface area contributed by atoms with Gasteiger partial charge in [0.1, 0.15) is 13.2 Å². The first-order valence-electron chi connectivity index (χ1n) is 9.40. The maximum atomic E-state index is 12.7. The molecule has 2 heterocycles. The predicted octanol–water partition coefficient (Wildman–Crippen LogP) is 2.62. The standard InChI is InChI=1S/C21H22N2O5/c24-20(14-7-8-18-19(12-14)28-11-10-27-18)23-17-6-2-1-5-16(17)21(25)22-13-15-4-3-9-26-15/h1-2,5-8,12,15H,3-4,9-11,13H2,(H,22,25)(H,23,24). The van der Waals surface area contributed by atoms with Gasteiger partial charge in [-0.3, -0.25) is 9.59 Å². The lowest BCUT2D eigenvalue weighted by atomic mass is 10.1. The molecule has 1 atom stereocenters. The summed E-state index contributed by atoms with van der Waals surface area (Å²) in [5.74, 6) is 0.600. The molecule has 2 aliphatic heterocycles. The van der Waals surface area contributed by atoms with Crippen molar-refractivity contribution in [1.82, 2.24) is 5.32 Å². The van der Waals surface area contributed by atoms with Gasteiger partial charge in [0.2, 0.25) is 0 Å². The molecule has 0 spiro atoms. The maximum absolute atomic E-state index is 12.7. The highest BCUT2D eigenvalue weighted by Gasteiger charge is 2.19. The average molecular weight is 382 g/mol. The van der Waals surface area contributed by atoms with Gasteiger partial charge in [-0.25, -0.2) is 0 Å². The molecule has 0 radical (unpaired) electrons. The highest BCUT2D eigenvalue weighted by atomic mass is 16.6. The number of carbonyl (C=O) groups excluding carboxylic acids is 2. The Balaban J connectivity index is 1.45. The van der Waals surface area contributed by atoms with E-state index in [9.17, 15) is 9.59 Å². The van der Waals surface area contributed by atoms with Crippen molar-refractivity contribution in [2.45, 2.75) is 18.9 Å². The summed E-state index contributed by atoms with van der Waals surface area (Å²) >= 11 is 0. The van der Waals surface area contributed by atoms with Gasteiger partial charge in [0.25, 0.3) is 11.8 Å². The van der Waals surface area contributed by atoms with Gasteiger partial charge in [-0.05, 0) is 43.2 Å². The molecule has 1 saturated heterocycles. The van der Waals surface area contributed by atoms with E-state index in [1.54, 1.807) is 42.5 Å². The van der Waals surface area contributed by atoms with Gasteiger partial charge >= 0.3 is 0 Å². The van der Waals surface area contributed by atoms with E-state index >= 15 is 0 Å². The summed E-state index contributed by atoms with van der Waals surface area (Å²) in [5, 5.41) is 5.70. The van der Waals surface area contributed by atoms with E-state index in [-0.39, 0.29) is 17.9 Å². The molecular weight excluding hydrogens is 360 g/mol. The van der Waals surface area contributed by atoms with E-state index in [1.807, 2.05) is 0 Å². The van der Waals surface area contributed by atoms with Crippen molar-refractivity contribution >= 4 is 17.5 Å². The number of ether oxygens (including phenoxy) is 3. The van der Waals surface area contributed by atoms with Crippen molar-refractivity contribution in [2.75, 3.05) is 31.7 Å². The van der Waals surface area contributed by atoms with Crippen molar-refractivity contribution < 1.29 is 23.8 Å². The molecule has 7 nitrogen and oxygen atoms in total. The zero-order valence-corrected chi connectivity index (χ0v) is 15.4. The Kier molecular flexibility index (Phi) is 5.43. The first-order chi connectivity index (χ1) is 13.7. The second-order valence-corrected chi connectivity index (χ2v) is 6.70. The van der Waals surface area contributed by atoms with Crippen molar-refractivity contribution in [3.05, 3.63) is 53.6 Å². The molecule has 1 fully saturated rings. The van der Waals surface area contributed by atoms with Crippen LogP contribution in [0.15, 0.2) is 42.5 Å². The number of amides is 2. The zero-order chi connectivity index (χ0) is 19.3. The molecule has 2 aromatic rings. The molecule has 146 valence electrons. The minimum atomic E-state index is -0.323. The maximum Gasteiger partial charge on any atom is 0.255 e. The van der Waals surface area contributed by atoms with Crippen LogP contribution in [0, 0.1) is 0 Å². The van der Waals surface area contributed by atoms with Crippen molar-refractivity contribution in [3.63, 3.8) is 0 Å². The third-order valence-electron chi connectivity index (χ3n) is 4.74. The number of carbonyl (C=O) groups is 2. The Bertz CT molecular complexity index is 877. The molecule has 1 unspecified atom stereocenters. The van der Waals surface area contributed by atoms with Crippen LogP contribution in [0.2, 0.25) is 0 Å². The molecule has 0 saturated carbocycles. The third-order valence-corrected chi connectivity index (χ3v) is 4.74. The van der Waals surface area contributed by atoms with Crippen molar-refractivity contribution in [3.8, 4) is 11.5 Å². The summed E-state index contributed by atoms with van der Waals surface area (Å²) in [6, 6.07) is 12.0. The van der Waals surface area contributed by atoms with Crippen LogP contribution in [0.1, 0.15) is 33.6 Å². The summed E-state index contributed by atoms with van der Waals surface area (Å²) in [7, 11) is 0. The van der Waals surface area contributed by atoms with Gasteiger partial charge in [0, 0.05) is 18.7 Å². The van der Waals surface area contributed by atoms with Gasteiger partial charge in [0.15, 0.2) is 11.5 Å². The number of hydrogen-bond donors (Lipinski definition) is 2. The largest absolute Gasteiger partial charge is 0.486 e. The van der Waals surface area contributed by atoms with E-state index < -0.39 is 0 Å². The van der Waals surface area contributed by atoms with Crippen LogP contribution < -0.4 is 20.1 Å². The minimum Gasteiger partial charge on any atom is -0.486 e. The van der Waals surface area contributed by atoms with Crippen LogP contribution in [0.25, 0.3) is 0 Å². The number of nitrogens with one attached hydrogen (secondary N) is 2. The molecule has 2 N–H and O–H groups in total. The number of benzene rings is 2. The molecule has 2 aromatic carbocycles. The number of hydrogen-bond acceptors (Lipinski definition) is 5. The highest BCUT2D eigenvalue weighted by Crippen LogP contribution is 2.31. The first-order valence-corrected chi connectivity index (χ1v) is 9.40. The van der Waals surface area contributed by atoms with Gasteiger partial charge < -0.3 is 24.8 Å². The number of anilines is 1. The van der Waals surface area contributed by atoms with E-state index in [1.165, 1.54) is 0 Å². The highest BCUT2D eigenvalue weighted by molar-refractivity contribution is 6.09. The fourth-order valence-electron chi connectivity index (χ4n) is 3.28. The van der Waals surface area contributed by atoms with E-state index in [0.29, 0.717) is 48.1 Å². The lowest BCUT2D eigenvalue weighted by Gasteiger charge is -2.19. The Morgan fingerprint density at radius 1 is 0.964 bits per heavy atom. The molecule has 2 aliphatic rings. The molecule has 0 bridgehead atoms. The van der Waals surface area contributed by atoms with Gasteiger partial charge in [-0.15, -0.1) is 0 Å². The zero-order valence-electron chi connectivity index (χ0n) is 15.4. The molecule has 2 amide bonds. The summed E-state index contributed by atoms with van der Waals surface area (Å²) in [6.45, 7) is 2.14. The Morgan fingerprint density at radius 3 is 2.61 bits per heavy atom. The van der Waals surface area contributed by atoms with Crippen LogP contribution in [-0.2, 0) is 4.74 Å². The van der Waals surface area contributed by atoms with Crippen LogP contribution in [0.3, 0.4) is 0 Å². The second-order valence-electron chi connectivity index (χ2n) is 6.70. The topological polar surface area (TPSA) is 85.9 Å². The predicted molar refractivity (Wildman–Crippen MR) is 103 cm³/mol. The quantitative estimate of drug-likeness (QED) is 0.830. The summed E-state index contributed by atoms with van der Waals surface area (Å²) in [6.07, 6.45) is 2.02. The smallest absolute Gasteiger partial charge is 0.255 e. The molecule has 7 heteroatoms. The number of fused-ring (bicyclic) bond motifs is 1. The Labute approximate surface area is 163 Å². The Morgan fingerprint density at radius 2 is 1.79 bits per heavy atom. The first kappa shape index (κ1) is 18.3. The third kappa shape index (κ3) is 4.09. The second kappa shape index (κ2) is 8.31. The summed E-state index contributed by atoms with van der Waals surface area (Å²) in [4.78, 5) is 25.3. The summed E-state index contributed by atoms with van der Waals surface area (Å²) < 4.78 is 16.5. The normalized spacial score (nSPS) is 17.8. The molecule has 0 aliphatic carbocycles. The van der Waals surface area contributed by atoms with Gasteiger partial charge in [0.05, 0.1) is 17.4 Å². The molecule has 4 rings (SSSR count). The van der Waals surface area contributed by atoms with Gasteiger partial charge in [-0.1, -0.05) is 12.1 Å². The fraction of sp³-hybridized carbons (Fsp3) is 0.333. The van der Waals surface area contributed by atoms with Crippen LogP contribution >= 0.6 is 0 Å². The lowest BCUT2D eigenvalue weighted by Crippen LogP contribution is -2.32.